The Kier molecular flexibility index (Phi) is 5.12. The molecular formula is C13H21NO2. The molecule has 0 bridgehead atoms. The van der Waals surface area contributed by atoms with Gasteiger partial charge < -0.3 is 15.2 Å². The van der Waals surface area contributed by atoms with Crippen LogP contribution in [0.15, 0.2) is 18.2 Å². The molecule has 1 unspecified atom stereocenters. The molecule has 0 fully saturated rings. The topological polar surface area (TPSA) is 44.5 Å². The van der Waals surface area contributed by atoms with Crippen LogP contribution in [0.2, 0.25) is 0 Å². The van der Waals surface area contributed by atoms with Crippen molar-refractivity contribution in [3.05, 3.63) is 23.8 Å². The van der Waals surface area contributed by atoms with E-state index in [2.05, 4.69) is 6.92 Å². The third kappa shape index (κ3) is 3.14. The van der Waals surface area contributed by atoms with Gasteiger partial charge in [0.05, 0.1) is 13.7 Å². The monoisotopic (exact) mass is 223 g/mol. The van der Waals surface area contributed by atoms with Crippen molar-refractivity contribution in [2.24, 2.45) is 5.73 Å². The van der Waals surface area contributed by atoms with Crippen LogP contribution >= 0.6 is 0 Å². The van der Waals surface area contributed by atoms with Crippen LogP contribution in [-0.4, -0.2) is 19.8 Å². The van der Waals surface area contributed by atoms with Gasteiger partial charge in [0.1, 0.15) is 0 Å². The highest BCUT2D eigenvalue weighted by Gasteiger charge is 2.11. The van der Waals surface area contributed by atoms with E-state index in [-0.39, 0.29) is 6.04 Å². The minimum absolute atomic E-state index is 0.172. The average molecular weight is 223 g/mol. The molecule has 0 aliphatic rings. The molecule has 0 saturated heterocycles. The van der Waals surface area contributed by atoms with Crippen molar-refractivity contribution in [3.8, 4) is 11.5 Å². The third-order valence-electron chi connectivity index (χ3n) is 2.57. The Bertz CT molecular complexity index is 326. The maximum absolute atomic E-state index is 5.96. The second-order valence-electron chi connectivity index (χ2n) is 3.75. The normalized spacial score (nSPS) is 12.2. The Morgan fingerprint density at radius 2 is 2.06 bits per heavy atom. The summed E-state index contributed by atoms with van der Waals surface area (Å²) in [6.07, 6.45) is 1.78. The van der Waals surface area contributed by atoms with Crippen LogP contribution in [0.4, 0.5) is 0 Å². The average Bonchev–Trinajstić information content (AvgIpc) is 2.29. The predicted molar refractivity (Wildman–Crippen MR) is 66.1 cm³/mol. The van der Waals surface area contributed by atoms with Crippen LogP contribution in [0, 0.1) is 0 Å². The van der Waals surface area contributed by atoms with Gasteiger partial charge in [-0.3, -0.25) is 0 Å². The van der Waals surface area contributed by atoms with Crippen LogP contribution in [0.1, 0.15) is 25.8 Å². The molecule has 2 N–H and O–H groups in total. The van der Waals surface area contributed by atoms with Gasteiger partial charge in [0.15, 0.2) is 11.5 Å². The maximum atomic E-state index is 5.96. The molecule has 0 aliphatic carbocycles. The molecule has 0 aliphatic heterocycles. The summed E-state index contributed by atoms with van der Waals surface area (Å²) in [6, 6.07) is 6.11. The smallest absolute Gasteiger partial charge is 0.163 e. The number of hydrogen-bond donors (Lipinski definition) is 1. The zero-order valence-corrected chi connectivity index (χ0v) is 10.3. The molecule has 3 heteroatoms. The fourth-order valence-corrected chi connectivity index (χ4v) is 1.65. The highest BCUT2D eigenvalue weighted by Crippen LogP contribution is 2.31. The molecule has 0 aromatic heterocycles. The summed E-state index contributed by atoms with van der Waals surface area (Å²) in [4.78, 5) is 0. The van der Waals surface area contributed by atoms with Crippen molar-refractivity contribution in [1.29, 1.82) is 0 Å². The van der Waals surface area contributed by atoms with E-state index in [9.17, 15) is 0 Å². The Balaban J connectivity index is 2.94. The van der Waals surface area contributed by atoms with Gasteiger partial charge in [0.2, 0.25) is 0 Å². The minimum Gasteiger partial charge on any atom is -0.493 e. The lowest BCUT2D eigenvalue weighted by atomic mass is 10.0. The zero-order chi connectivity index (χ0) is 12.0. The van der Waals surface area contributed by atoms with E-state index in [4.69, 9.17) is 15.2 Å². The van der Waals surface area contributed by atoms with Gasteiger partial charge in [-0.25, -0.2) is 0 Å². The predicted octanol–water partition coefficient (Wildman–Crippen LogP) is 2.37. The van der Waals surface area contributed by atoms with Crippen LogP contribution in [-0.2, 0) is 6.42 Å². The van der Waals surface area contributed by atoms with Gasteiger partial charge in [0.25, 0.3) is 0 Å². The lowest BCUT2D eigenvalue weighted by Gasteiger charge is -2.15. The summed E-state index contributed by atoms with van der Waals surface area (Å²) >= 11 is 0. The van der Waals surface area contributed by atoms with E-state index < -0.39 is 0 Å². The van der Waals surface area contributed by atoms with Crippen molar-refractivity contribution >= 4 is 0 Å². The van der Waals surface area contributed by atoms with E-state index in [0.29, 0.717) is 6.61 Å². The van der Waals surface area contributed by atoms with Crippen LogP contribution < -0.4 is 15.2 Å². The van der Waals surface area contributed by atoms with E-state index in [1.165, 1.54) is 0 Å². The summed E-state index contributed by atoms with van der Waals surface area (Å²) in [5, 5.41) is 0. The first-order chi connectivity index (χ1) is 7.72. The van der Waals surface area contributed by atoms with E-state index >= 15 is 0 Å². The van der Waals surface area contributed by atoms with Gasteiger partial charge in [-0.1, -0.05) is 19.1 Å². The molecule has 90 valence electrons. The van der Waals surface area contributed by atoms with Gasteiger partial charge in [-0.05, 0) is 31.4 Å². The summed E-state index contributed by atoms with van der Waals surface area (Å²) in [6.45, 7) is 4.69. The number of methoxy groups -OCH3 is 1. The number of ether oxygens (including phenoxy) is 2. The first-order valence-corrected chi connectivity index (χ1v) is 5.77. The molecule has 0 saturated carbocycles. The molecule has 3 nitrogen and oxygen atoms in total. The molecule has 0 heterocycles. The number of benzene rings is 1. The SMILES string of the molecule is CCOc1cccc(CC(N)CC)c1OC. The molecule has 1 aromatic carbocycles. The second kappa shape index (κ2) is 6.38. The lowest BCUT2D eigenvalue weighted by molar-refractivity contribution is 0.308. The van der Waals surface area contributed by atoms with Crippen molar-refractivity contribution in [2.45, 2.75) is 32.7 Å². The quantitative estimate of drug-likeness (QED) is 0.805. The Labute approximate surface area is 97.6 Å². The summed E-state index contributed by atoms with van der Waals surface area (Å²) in [7, 11) is 1.67. The fourth-order valence-electron chi connectivity index (χ4n) is 1.65. The van der Waals surface area contributed by atoms with Gasteiger partial charge >= 0.3 is 0 Å². The van der Waals surface area contributed by atoms with Crippen molar-refractivity contribution < 1.29 is 9.47 Å². The van der Waals surface area contributed by atoms with Crippen molar-refractivity contribution in [2.75, 3.05) is 13.7 Å². The molecule has 1 atom stereocenters. The zero-order valence-electron chi connectivity index (χ0n) is 10.3. The Morgan fingerprint density at radius 3 is 2.62 bits per heavy atom. The number of rotatable bonds is 6. The molecule has 0 amide bonds. The standard InChI is InChI=1S/C13H21NO2/c1-4-11(14)9-10-7-6-8-12(16-5-2)13(10)15-3/h6-8,11H,4-5,9,14H2,1-3H3. The van der Waals surface area contributed by atoms with Crippen LogP contribution in [0.25, 0.3) is 0 Å². The highest BCUT2D eigenvalue weighted by molar-refractivity contribution is 5.46. The Morgan fingerprint density at radius 1 is 1.31 bits per heavy atom. The summed E-state index contributed by atoms with van der Waals surface area (Å²) in [5.41, 5.74) is 7.07. The molecule has 16 heavy (non-hydrogen) atoms. The largest absolute Gasteiger partial charge is 0.493 e. The summed E-state index contributed by atoms with van der Waals surface area (Å²) in [5.74, 6) is 1.61. The van der Waals surface area contributed by atoms with Gasteiger partial charge in [-0.2, -0.15) is 0 Å². The van der Waals surface area contributed by atoms with Crippen molar-refractivity contribution in [3.63, 3.8) is 0 Å². The number of para-hydroxylation sites is 1. The molecule has 0 radical (unpaired) electrons. The number of hydrogen-bond acceptors (Lipinski definition) is 3. The second-order valence-corrected chi connectivity index (χ2v) is 3.75. The lowest BCUT2D eigenvalue weighted by Crippen LogP contribution is -2.21. The third-order valence-corrected chi connectivity index (χ3v) is 2.57. The molecule has 1 aromatic rings. The van der Waals surface area contributed by atoms with E-state index in [1.807, 2.05) is 25.1 Å². The minimum atomic E-state index is 0.172. The molecular weight excluding hydrogens is 202 g/mol. The maximum Gasteiger partial charge on any atom is 0.163 e. The molecule has 1 rings (SSSR count). The highest BCUT2D eigenvalue weighted by atomic mass is 16.5. The van der Waals surface area contributed by atoms with Crippen LogP contribution in [0.5, 0.6) is 11.5 Å². The van der Waals surface area contributed by atoms with Gasteiger partial charge in [0, 0.05) is 6.04 Å². The van der Waals surface area contributed by atoms with E-state index in [1.54, 1.807) is 7.11 Å². The van der Waals surface area contributed by atoms with Crippen molar-refractivity contribution in [1.82, 2.24) is 0 Å². The summed E-state index contributed by atoms with van der Waals surface area (Å²) < 4.78 is 10.9. The first kappa shape index (κ1) is 12.8. The fraction of sp³-hybridized carbons (Fsp3) is 0.538. The van der Waals surface area contributed by atoms with Gasteiger partial charge in [-0.15, -0.1) is 0 Å². The Hall–Kier alpha value is -1.22. The molecule has 0 spiro atoms. The number of nitrogens with two attached hydrogens (primary N) is 1. The van der Waals surface area contributed by atoms with Crippen LogP contribution in [0.3, 0.4) is 0 Å². The first-order valence-electron chi connectivity index (χ1n) is 5.77. The van der Waals surface area contributed by atoms with E-state index in [0.717, 1.165) is 29.9 Å².